The topological polar surface area (TPSA) is 43.4 Å². The molecule has 0 aliphatic heterocycles. The van der Waals surface area contributed by atoms with E-state index in [2.05, 4.69) is 0 Å². The molecule has 2 aromatic rings. The first kappa shape index (κ1) is 18.5. The second-order valence-electron chi connectivity index (χ2n) is 4.96. The Morgan fingerprint density at radius 2 is 1.79 bits per heavy atom. The van der Waals surface area contributed by atoms with Crippen molar-refractivity contribution in [3.63, 3.8) is 0 Å². The first-order chi connectivity index (χ1) is 11.4. The zero-order valence-electron chi connectivity index (χ0n) is 12.6. The second kappa shape index (κ2) is 8.34. The number of esters is 1. The number of carbonyl (C=O) groups is 2. The Morgan fingerprint density at radius 3 is 2.46 bits per heavy atom. The van der Waals surface area contributed by atoms with Crippen LogP contribution in [0.25, 0.3) is 6.08 Å². The minimum atomic E-state index is -0.922. The standard InChI is InChI=1S/C18H13Cl3O3/c1-11(18(23)13-3-2-4-14(19)10-13)24-17(22)8-6-12-5-7-15(20)16(21)9-12/h2-11H,1H3/b8-6+. The van der Waals surface area contributed by atoms with E-state index >= 15 is 0 Å². The summed E-state index contributed by atoms with van der Waals surface area (Å²) in [5.74, 6) is -0.960. The molecule has 1 atom stereocenters. The zero-order valence-corrected chi connectivity index (χ0v) is 14.9. The van der Waals surface area contributed by atoms with Crippen LogP contribution in [0.4, 0.5) is 0 Å². The molecule has 0 saturated carbocycles. The quantitative estimate of drug-likeness (QED) is 0.390. The highest BCUT2D eigenvalue weighted by Gasteiger charge is 2.18. The molecule has 0 aromatic heterocycles. The van der Waals surface area contributed by atoms with Gasteiger partial charge in [0.2, 0.25) is 5.78 Å². The van der Waals surface area contributed by atoms with E-state index in [4.69, 9.17) is 39.5 Å². The molecular weight excluding hydrogens is 371 g/mol. The van der Waals surface area contributed by atoms with Crippen molar-refractivity contribution in [2.45, 2.75) is 13.0 Å². The predicted octanol–water partition coefficient (Wildman–Crippen LogP) is 5.47. The number of benzene rings is 2. The normalized spacial score (nSPS) is 12.2. The van der Waals surface area contributed by atoms with Crippen LogP contribution >= 0.6 is 34.8 Å². The van der Waals surface area contributed by atoms with Gasteiger partial charge in [-0.3, -0.25) is 4.79 Å². The van der Waals surface area contributed by atoms with Gasteiger partial charge in [0.25, 0.3) is 0 Å². The molecule has 2 rings (SSSR count). The molecular formula is C18H13Cl3O3. The number of ether oxygens (including phenoxy) is 1. The van der Waals surface area contributed by atoms with Gasteiger partial charge in [0.05, 0.1) is 10.0 Å². The highest BCUT2D eigenvalue weighted by atomic mass is 35.5. The third-order valence-corrected chi connectivity index (χ3v) is 4.10. The molecule has 0 bridgehead atoms. The predicted molar refractivity (Wildman–Crippen MR) is 96.8 cm³/mol. The second-order valence-corrected chi connectivity index (χ2v) is 6.21. The van der Waals surface area contributed by atoms with Gasteiger partial charge in [0, 0.05) is 16.7 Å². The highest BCUT2D eigenvalue weighted by Crippen LogP contribution is 2.23. The molecule has 0 radical (unpaired) electrons. The van der Waals surface area contributed by atoms with Crippen LogP contribution in [0.15, 0.2) is 48.5 Å². The summed E-state index contributed by atoms with van der Waals surface area (Å²) in [6, 6.07) is 11.4. The SMILES string of the molecule is CC(OC(=O)/C=C/c1ccc(Cl)c(Cl)c1)C(=O)c1cccc(Cl)c1. The minimum Gasteiger partial charge on any atom is -0.451 e. The number of carbonyl (C=O) groups excluding carboxylic acids is 2. The van der Waals surface area contributed by atoms with Gasteiger partial charge < -0.3 is 4.74 Å². The van der Waals surface area contributed by atoms with Gasteiger partial charge >= 0.3 is 5.97 Å². The van der Waals surface area contributed by atoms with Crippen LogP contribution in [-0.2, 0) is 9.53 Å². The monoisotopic (exact) mass is 382 g/mol. The maximum atomic E-state index is 12.2. The van der Waals surface area contributed by atoms with Gasteiger partial charge in [-0.2, -0.15) is 0 Å². The lowest BCUT2D eigenvalue weighted by Crippen LogP contribution is -2.23. The lowest BCUT2D eigenvalue weighted by molar-refractivity contribution is -0.140. The summed E-state index contributed by atoms with van der Waals surface area (Å²) in [5, 5.41) is 1.26. The average Bonchev–Trinajstić information content (AvgIpc) is 2.55. The van der Waals surface area contributed by atoms with Gasteiger partial charge in [-0.05, 0) is 42.8 Å². The fraction of sp³-hybridized carbons (Fsp3) is 0.111. The Bertz CT molecular complexity index is 800. The molecule has 24 heavy (non-hydrogen) atoms. The molecule has 0 saturated heterocycles. The molecule has 2 aromatic carbocycles. The molecule has 0 heterocycles. The Balaban J connectivity index is 1.99. The van der Waals surface area contributed by atoms with E-state index in [9.17, 15) is 9.59 Å². The van der Waals surface area contributed by atoms with Crippen LogP contribution in [0.5, 0.6) is 0 Å². The Morgan fingerprint density at radius 1 is 1.04 bits per heavy atom. The van der Waals surface area contributed by atoms with Gasteiger partial charge in [0.1, 0.15) is 0 Å². The molecule has 0 N–H and O–H groups in total. The number of rotatable bonds is 5. The van der Waals surface area contributed by atoms with E-state index in [0.29, 0.717) is 26.2 Å². The van der Waals surface area contributed by atoms with E-state index in [1.807, 2.05) is 0 Å². The van der Waals surface area contributed by atoms with Crippen molar-refractivity contribution in [2.24, 2.45) is 0 Å². The van der Waals surface area contributed by atoms with Gasteiger partial charge in [-0.1, -0.05) is 53.0 Å². The first-order valence-corrected chi connectivity index (χ1v) is 8.14. The summed E-state index contributed by atoms with van der Waals surface area (Å²) in [4.78, 5) is 24.0. The lowest BCUT2D eigenvalue weighted by atomic mass is 10.1. The van der Waals surface area contributed by atoms with Gasteiger partial charge in [-0.25, -0.2) is 4.79 Å². The van der Waals surface area contributed by atoms with Crippen molar-refractivity contribution in [1.82, 2.24) is 0 Å². The molecule has 0 aliphatic carbocycles. The Kier molecular flexibility index (Phi) is 6.44. The molecule has 1 unspecified atom stereocenters. The van der Waals surface area contributed by atoms with E-state index < -0.39 is 12.1 Å². The van der Waals surface area contributed by atoms with Crippen molar-refractivity contribution in [3.8, 4) is 0 Å². The third-order valence-electron chi connectivity index (χ3n) is 3.13. The van der Waals surface area contributed by atoms with Crippen LogP contribution in [-0.4, -0.2) is 17.9 Å². The largest absolute Gasteiger partial charge is 0.451 e. The van der Waals surface area contributed by atoms with E-state index in [1.165, 1.54) is 25.1 Å². The molecule has 0 amide bonds. The van der Waals surface area contributed by atoms with E-state index in [-0.39, 0.29) is 5.78 Å². The van der Waals surface area contributed by atoms with E-state index in [0.717, 1.165) is 0 Å². The summed E-state index contributed by atoms with van der Waals surface area (Å²) in [7, 11) is 0. The maximum absolute atomic E-state index is 12.2. The zero-order chi connectivity index (χ0) is 17.7. The number of hydrogen-bond acceptors (Lipinski definition) is 3. The van der Waals surface area contributed by atoms with Crippen molar-refractivity contribution in [3.05, 3.63) is 74.7 Å². The Labute approximate surface area is 154 Å². The van der Waals surface area contributed by atoms with Crippen LogP contribution in [0.3, 0.4) is 0 Å². The summed E-state index contributed by atoms with van der Waals surface area (Å²) < 4.78 is 5.10. The lowest BCUT2D eigenvalue weighted by Gasteiger charge is -2.11. The summed E-state index contributed by atoms with van der Waals surface area (Å²) in [5.41, 5.74) is 1.08. The third kappa shape index (κ3) is 5.10. The minimum absolute atomic E-state index is 0.325. The maximum Gasteiger partial charge on any atom is 0.331 e. The molecule has 3 nitrogen and oxygen atoms in total. The molecule has 0 fully saturated rings. The first-order valence-electron chi connectivity index (χ1n) is 7.00. The molecule has 6 heteroatoms. The van der Waals surface area contributed by atoms with E-state index in [1.54, 1.807) is 36.4 Å². The molecule has 124 valence electrons. The van der Waals surface area contributed by atoms with Crippen LogP contribution < -0.4 is 0 Å². The van der Waals surface area contributed by atoms with Crippen molar-refractivity contribution < 1.29 is 14.3 Å². The smallest absolute Gasteiger partial charge is 0.331 e. The summed E-state index contributed by atoms with van der Waals surface area (Å²) in [6.45, 7) is 1.51. The number of hydrogen-bond donors (Lipinski definition) is 0. The van der Waals surface area contributed by atoms with Crippen molar-refractivity contribution in [1.29, 1.82) is 0 Å². The molecule has 0 aliphatic rings. The molecule has 0 spiro atoms. The fourth-order valence-electron chi connectivity index (χ4n) is 1.92. The highest BCUT2D eigenvalue weighted by molar-refractivity contribution is 6.42. The van der Waals surface area contributed by atoms with Crippen LogP contribution in [0.2, 0.25) is 15.1 Å². The van der Waals surface area contributed by atoms with Crippen LogP contribution in [0, 0.1) is 0 Å². The number of Topliss-reactive ketones (excluding diaryl/α,β-unsaturated/α-hetero) is 1. The summed E-state index contributed by atoms with van der Waals surface area (Å²) in [6.07, 6.45) is 1.83. The number of halogens is 3. The number of ketones is 1. The van der Waals surface area contributed by atoms with Gasteiger partial charge in [-0.15, -0.1) is 0 Å². The summed E-state index contributed by atoms with van der Waals surface area (Å²) >= 11 is 17.6. The average molecular weight is 384 g/mol. The van der Waals surface area contributed by atoms with Gasteiger partial charge in [0.15, 0.2) is 6.10 Å². The van der Waals surface area contributed by atoms with Crippen LogP contribution in [0.1, 0.15) is 22.8 Å². The van der Waals surface area contributed by atoms with Crippen molar-refractivity contribution >= 4 is 52.6 Å². The fourth-order valence-corrected chi connectivity index (χ4v) is 2.42. The van der Waals surface area contributed by atoms with Crippen molar-refractivity contribution in [2.75, 3.05) is 0 Å². The Hall–Kier alpha value is -1.81.